The van der Waals surface area contributed by atoms with Crippen molar-refractivity contribution in [2.75, 3.05) is 13.1 Å². The molecule has 2 aliphatic rings. The highest BCUT2D eigenvalue weighted by atomic mass is 16.5. The van der Waals surface area contributed by atoms with Crippen LogP contribution in [0.2, 0.25) is 0 Å². The van der Waals surface area contributed by atoms with Crippen molar-refractivity contribution in [2.45, 2.75) is 77.4 Å². The highest BCUT2D eigenvalue weighted by Gasteiger charge is 2.31. The number of hydrogen-bond donors (Lipinski definition) is 1. The number of ether oxygens (including phenoxy) is 1. The molecule has 1 unspecified atom stereocenters. The zero-order valence-electron chi connectivity index (χ0n) is 12.5. The molecular weight excluding hydrogens is 222 g/mol. The molecular formula is C16H31NO. The maximum atomic E-state index is 6.01. The molecule has 2 nitrogen and oxygen atoms in total. The molecule has 0 bridgehead atoms. The van der Waals surface area contributed by atoms with Crippen molar-refractivity contribution in [3.63, 3.8) is 0 Å². The smallest absolute Gasteiger partial charge is 0.0707 e. The Balaban J connectivity index is 1.56. The van der Waals surface area contributed by atoms with Crippen LogP contribution in [0, 0.1) is 11.8 Å². The Hall–Kier alpha value is -0.0800. The third-order valence-corrected chi connectivity index (χ3v) is 4.90. The fourth-order valence-electron chi connectivity index (χ4n) is 3.51. The molecule has 1 atom stereocenters. The molecule has 0 spiro atoms. The quantitative estimate of drug-likeness (QED) is 0.805. The van der Waals surface area contributed by atoms with Crippen molar-refractivity contribution in [2.24, 2.45) is 11.8 Å². The second kappa shape index (κ2) is 6.38. The molecule has 18 heavy (non-hydrogen) atoms. The molecule has 1 aliphatic carbocycles. The van der Waals surface area contributed by atoms with Crippen LogP contribution in [0.4, 0.5) is 0 Å². The van der Waals surface area contributed by atoms with Gasteiger partial charge in [0, 0.05) is 6.54 Å². The normalized spacial score (nSPS) is 35.8. The van der Waals surface area contributed by atoms with Gasteiger partial charge in [-0.05, 0) is 57.9 Å². The molecule has 0 radical (unpaired) electrons. The molecule has 1 aliphatic heterocycles. The summed E-state index contributed by atoms with van der Waals surface area (Å²) in [7, 11) is 0. The number of nitrogens with one attached hydrogen (secondary N) is 1. The van der Waals surface area contributed by atoms with E-state index in [1.54, 1.807) is 0 Å². The maximum Gasteiger partial charge on any atom is 0.0707 e. The van der Waals surface area contributed by atoms with Crippen molar-refractivity contribution in [1.29, 1.82) is 0 Å². The first-order valence-corrected chi connectivity index (χ1v) is 7.97. The van der Waals surface area contributed by atoms with Crippen LogP contribution in [-0.4, -0.2) is 24.8 Å². The van der Waals surface area contributed by atoms with Gasteiger partial charge < -0.3 is 10.1 Å². The van der Waals surface area contributed by atoms with E-state index in [1.165, 1.54) is 51.5 Å². The lowest BCUT2D eigenvalue weighted by molar-refractivity contribution is -0.0145. The second-order valence-electron chi connectivity index (χ2n) is 6.99. The van der Waals surface area contributed by atoms with Crippen LogP contribution >= 0.6 is 0 Å². The molecule has 1 N–H and O–H groups in total. The molecule has 0 aromatic rings. The SMILES string of the molecule is CCC1CCC(CNCC2CCC(C)(C)O2)CC1. The summed E-state index contributed by atoms with van der Waals surface area (Å²) in [6, 6.07) is 0. The molecule has 106 valence electrons. The number of hydrogen-bond acceptors (Lipinski definition) is 2. The first-order valence-electron chi connectivity index (χ1n) is 7.97. The van der Waals surface area contributed by atoms with E-state index >= 15 is 0 Å². The van der Waals surface area contributed by atoms with Gasteiger partial charge in [-0.25, -0.2) is 0 Å². The van der Waals surface area contributed by atoms with E-state index in [0.29, 0.717) is 6.10 Å². The zero-order valence-corrected chi connectivity index (χ0v) is 12.5. The summed E-state index contributed by atoms with van der Waals surface area (Å²) < 4.78 is 6.01. The summed E-state index contributed by atoms with van der Waals surface area (Å²) in [5, 5.41) is 3.64. The molecule has 0 aromatic carbocycles. The van der Waals surface area contributed by atoms with Crippen molar-refractivity contribution in [1.82, 2.24) is 5.32 Å². The molecule has 0 aromatic heterocycles. The molecule has 1 heterocycles. The minimum absolute atomic E-state index is 0.117. The van der Waals surface area contributed by atoms with E-state index in [-0.39, 0.29) is 5.60 Å². The van der Waals surface area contributed by atoms with Gasteiger partial charge >= 0.3 is 0 Å². The molecule has 1 saturated carbocycles. The van der Waals surface area contributed by atoms with Gasteiger partial charge in [-0.1, -0.05) is 26.2 Å². The highest BCUT2D eigenvalue weighted by molar-refractivity contribution is 4.82. The third-order valence-electron chi connectivity index (χ3n) is 4.90. The average Bonchev–Trinajstić information content (AvgIpc) is 2.70. The van der Waals surface area contributed by atoms with Crippen LogP contribution in [0.15, 0.2) is 0 Å². The summed E-state index contributed by atoms with van der Waals surface area (Å²) in [6.07, 6.45) is 10.0. The van der Waals surface area contributed by atoms with Gasteiger partial charge in [-0.3, -0.25) is 0 Å². The molecule has 1 saturated heterocycles. The second-order valence-corrected chi connectivity index (χ2v) is 6.99. The van der Waals surface area contributed by atoms with Gasteiger partial charge in [-0.2, -0.15) is 0 Å². The van der Waals surface area contributed by atoms with Crippen LogP contribution in [0.1, 0.15) is 65.7 Å². The predicted octanol–water partition coefficient (Wildman–Crippen LogP) is 3.75. The van der Waals surface area contributed by atoms with Crippen LogP contribution in [0.3, 0.4) is 0 Å². The van der Waals surface area contributed by atoms with Gasteiger partial charge in [0.2, 0.25) is 0 Å². The van der Waals surface area contributed by atoms with E-state index < -0.39 is 0 Å². The summed E-state index contributed by atoms with van der Waals surface area (Å²) in [5.74, 6) is 1.93. The van der Waals surface area contributed by atoms with E-state index in [2.05, 4.69) is 26.1 Å². The molecule has 2 fully saturated rings. The largest absolute Gasteiger partial charge is 0.371 e. The fraction of sp³-hybridized carbons (Fsp3) is 1.00. The van der Waals surface area contributed by atoms with E-state index in [1.807, 2.05) is 0 Å². The Morgan fingerprint density at radius 3 is 2.22 bits per heavy atom. The Labute approximate surface area is 113 Å². The van der Waals surface area contributed by atoms with Gasteiger partial charge in [0.1, 0.15) is 0 Å². The van der Waals surface area contributed by atoms with E-state index in [9.17, 15) is 0 Å². The van der Waals surface area contributed by atoms with Gasteiger partial charge in [-0.15, -0.1) is 0 Å². The van der Waals surface area contributed by atoms with Crippen molar-refractivity contribution in [3.8, 4) is 0 Å². The summed E-state index contributed by atoms with van der Waals surface area (Å²) in [5.41, 5.74) is 0.117. The van der Waals surface area contributed by atoms with Gasteiger partial charge in [0.05, 0.1) is 11.7 Å². The minimum atomic E-state index is 0.117. The average molecular weight is 253 g/mol. The van der Waals surface area contributed by atoms with Crippen molar-refractivity contribution < 1.29 is 4.74 Å². The van der Waals surface area contributed by atoms with Gasteiger partial charge in [0.15, 0.2) is 0 Å². The van der Waals surface area contributed by atoms with Crippen molar-refractivity contribution in [3.05, 3.63) is 0 Å². The standard InChI is InChI=1S/C16H31NO/c1-4-13-5-7-14(8-6-13)11-17-12-15-9-10-16(2,3)18-15/h13-15,17H,4-12H2,1-3H3. The third kappa shape index (κ3) is 4.24. The van der Waals surface area contributed by atoms with Gasteiger partial charge in [0.25, 0.3) is 0 Å². The Morgan fingerprint density at radius 2 is 1.67 bits per heavy atom. The summed E-state index contributed by atoms with van der Waals surface area (Å²) >= 11 is 0. The number of rotatable bonds is 5. The molecule has 2 rings (SSSR count). The van der Waals surface area contributed by atoms with Crippen LogP contribution in [0.5, 0.6) is 0 Å². The monoisotopic (exact) mass is 253 g/mol. The highest BCUT2D eigenvalue weighted by Crippen LogP contribution is 2.31. The Bertz CT molecular complexity index is 243. The first kappa shape index (κ1) is 14.3. The lowest BCUT2D eigenvalue weighted by Gasteiger charge is -2.28. The fourth-order valence-corrected chi connectivity index (χ4v) is 3.51. The van der Waals surface area contributed by atoms with Crippen LogP contribution < -0.4 is 5.32 Å². The molecule has 0 amide bonds. The Morgan fingerprint density at radius 1 is 1.00 bits per heavy atom. The van der Waals surface area contributed by atoms with E-state index in [4.69, 9.17) is 4.74 Å². The first-order chi connectivity index (χ1) is 8.59. The Kier molecular flexibility index (Phi) is 5.08. The maximum absolute atomic E-state index is 6.01. The zero-order chi connectivity index (χ0) is 13.0. The van der Waals surface area contributed by atoms with Crippen molar-refractivity contribution >= 4 is 0 Å². The van der Waals surface area contributed by atoms with Crippen LogP contribution in [0.25, 0.3) is 0 Å². The topological polar surface area (TPSA) is 21.3 Å². The molecule has 2 heteroatoms. The lowest BCUT2D eigenvalue weighted by atomic mass is 9.81. The lowest BCUT2D eigenvalue weighted by Crippen LogP contribution is -2.33. The minimum Gasteiger partial charge on any atom is -0.371 e. The van der Waals surface area contributed by atoms with E-state index in [0.717, 1.165) is 18.4 Å². The summed E-state index contributed by atoms with van der Waals surface area (Å²) in [6.45, 7) is 9.01. The summed E-state index contributed by atoms with van der Waals surface area (Å²) in [4.78, 5) is 0. The predicted molar refractivity (Wildman–Crippen MR) is 76.8 cm³/mol. The van der Waals surface area contributed by atoms with Crippen LogP contribution in [-0.2, 0) is 4.74 Å².